The van der Waals surface area contributed by atoms with E-state index >= 15 is 0 Å². The summed E-state index contributed by atoms with van der Waals surface area (Å²) in [6, 6.07) is 7.24. The zero-order chi connectivity index (χ0) is 16.8. The highest BCUT2D eigenvalue weighted by molar-refractivity contribution is 14.0. The highest BCUT2D eigenvalue weighted by Crippen LogP contribution is 2.17. The Balaban J connectivity index is 0.00000288. The first kappa shape index (κ1) is 20.5. The Morgan fingerprint density at radius 3 is 2.79 bits per heavy atom. The number of aliphatic imine (C=N–C) groups is 1. The van der Waals surface area contributed by atoms with Crippen molar-refractivity contribution in [2.24, 2.45) is 4.99 Å². The third-order valence-corrected chi connectivity index (χ3v) is 3.73. The molecule has 1 atom stereocenters. The van der Waals surface area contributed by atoms with Crippen molar-refractivity contribution in [1.29, 1.82) is 0 Å². The van der Waals surface area contributed by atoms with Crippen LogP contribution in [0, 0.1) is 0 Å². The number of halogens is 2. The highest BCUT2D eigenvalue weighted by Gasteiger charge is 2.27. The van der Waals surface area contributed by atoms with E-state index in [4.69, 9.17) is 11.6 Å². The molecule has 7 nitrogen and oxygen atoms in total. The Morgan fingerprint density at radius 1 is 1.46 bits per heavy atom. The summed E-state index contributed by atoms with van der Waals surface area (Å²) in [7, 11) is 1.66. The van der Waals surface area contributed by atoms with E-state index in [0.717, 1.165) is 5.56 Å². The van der Waals surface area contributed by atoms with Gasteiger partial charge in [-0.2, -0.15) is 0 Å². The predicted octanol–water partition coefficient (Wildman–Crippen LogP) is 1.74. The minimum Gasteiger partial charge on any atom is -0.355 e. The lowest BCUT2D eigenvalue weighted by Gasteiger charge is -2.19. The van der Waals surface area contributed by atoms with Crippen LogP contribution in [0.5, 0.6) is 0 Å². The zero-order valence-corrected chi connectivity index (χ0v) is 16.6. The lowest BCUT2D eigenvalue weighted by molar-refractivity contribution is -0.124. The van der Waals surface area contributed by atoms with Gasteiger partial charge in [0.2, 0.25) is 5.91 Å². The second-order valence-corrected chi connectivity index (χ2v) is 5.56. The first-order chi connectivity index (χ1) is 11.0. The van der Waals surface area contributed by atoms with Gasteiger partial charge in [-0.25, -0.2) is 4.79 Å². The maximum atomic E-state index is 11.5. The van der Waals surface area contributed by atoms with Crippen LogP contribution in [0.4, 0.5) is 4.79 Å². The molecule has 1 aliphatic heterocycles. The molecular formula is C15H21ClIN5O2. The highest BCUT2D eigenvalue weighted by atomic mass is 127. The Hall–Kier alpha value is -1.55. The fraction of sp³-hybridized carbons (Fsp3) is 0.400. The summed E-state index contributed by atoms with van der Waals surface area (Å²) < 4.78 is 0. The first-order valence-electron chi connectivity index (χ1n) is 7.32. The molecule has 1 unspecified atom stereocenters. The van der Waals surface area contributed by atoms with Crippen LogP contribution in [0.3, 0.4) is 0 Å². The Morgan fingerprint density at radius 2 is 2.21 bits per heavy atom. The SMILES string of the molecule is CN=C(NCCN1C(=O)CNC1=O)NC(C)c1cccc(Cl)c1.I. The van der Waals surface area contributed by atoms with Crippen molar-refractivity contribution in [2.45, 2.75) is 13.0 Å². The van der Waals surface area contributed by atoms with E-state index in [-0.39, 0.29) is 55.0 Å². The third kappa shape index (κ3) is 5.52. The Bertz CT molecular complexity index is 610. The van der Waals surface area contributed by atoms with Crippen LogP contribution >= 0.6 is 35.6 Å². The fourth-order valence-electron chi connectivity index (χ4n) is 2.23. The number of hydrogen-bond donors (Lipinski definition) is 3. The summed E-state index contributed by atoms with van der Waals surface area (Å²) in [6.07, 6.45) is 0. The summed E-state index contributed by atoms with van der Waals surface area (Å²) in [5, 5.41) is 9.48. The molecule has 9 heteroatoms. The second-order valence-electron chi connectivity index (χ2n) is 5.12. The van der Waals surface area contributed by atoms with Crippen molar-refractivity contribution in [3.8, 4) is 0 Å². The number of urea groups is 1. The van der Waals surface area contributed by atoms with E-state index < -0.39 is 0 Å². The maximum Gasteiger partial charge on any atom is 0.324 e. The molecule has 1 aromatic rings. The Labute approximate surface area is 163 Å². The summed E-state index contributed by atoms with van der Waals surface area (Å²) in [4.78, 5) is 28.2. The van der Waals surface area contributed by atoms with Crippen molar-refractivity contribution in [1.82, 2.24) is 20.9 Å². The number of nitrogens with zero attached hydrogens (tertiary/aromatic N) is 2. The number of benzene rings is 1. The summed E-state index contributed by atoms with van der Waals surface area (Å²) in [6.45, 7) is 2.77. The van der Waals surface area contributed by atoms with Crippen molar-refractivity contribution in [3.05, 3.63) is 34.9 Å². The number of carbonyl (C=O) groups is 2. The molecule has 1 aliphatic rings. The quantitative estimate of drug-likeness (QED) is 0.268. The lowest BCUT2D eigenvalue weighted by Crippen LogP contribution is -2.43. The van der Waals surface area contributed by atoms with Gasteiger partial charge >= 0.3 is 6.03 Å². The minimum absolute atomic E-state index is 0. The van der Waals surface area contributed by atoms with E-state index in [2.05, 4.69) is 20.9 Å². The summed E-state index contributed by atoms with van der Waals surface area (Å²) in [5.41, 5.74) is 1.04. The fourth-order valence-corrected chi connectivity index (χ4v) is 2.43. The first-order valence-corrected chi connectivity index (χ1v) is 7.70. The van der Waals surface area contributed by atoms with Gasteiger partial charge < -0.3 is 16.0 Å². The second kappa shape index (κ2) is 9.67. The van der Waals surface area contributed by atoms with Crippen LogP contribution in [0.25, 0.3) is 0 Å². The standard InChI is InChI=1S/C15H20ClN5O2.HI/c1-10(11-4-3-5-12(16)8-11)20-14(17-2)18-6-7-21-13(22)9-19-15(21)23;/h3-5,8,10H,6-7,9H2,1-2H3,(H,19,23)(H2,17,18,20);1H. The van der Waals surface area contributed by atoms with Gasteiger partial charge in [-0.1, -0.05) is 23.7 Å². The van der Waals surface area contributed by atoms with E-state index in [1.807, 2.05) is 31.2 Å². The van der Waals surface area contributed by atoms with Gasteiger partial charge in [0.25, 0.3) is 0 Å². The van der Waals surface area contributed by atoms with Gasteiger partial charge in [0, 0.05) is 25.2 Å². The molecule has 1 saturated heterocycles. The minimum atomic E-state index is -0.355. The number of hydrogen-bond acceptors (Lipinski definition) is 3. The normalized spacial score (nSPS) is 15.6. The van der Waals surface area contributed by atoms with Crippen LogP contribution in [0.2, 0.25) is 5.02 Å². The van der Waals surface area contributed by atoms with Gasteiger partial charge in [0.05, 0.1) is 12.6 Å². The molecule has 0 radical (unpaired) electrons. The summed E-state index contributed by atoms with van der Waals surface area (Å²) >= 11 is 5.99. The van der Waals surface area contributed by atoms with E-state index in [9.17, 15) is 9.59 Å². The topological polar surface area (TPSA) is 85.8 Å². The summed E-state index contributed by atoms with van der Waals surface area (Å²) in [5.74, 6) is 0.372. The molecule has 132 valence electrons. The molecule has 0 bridgehead atoms. The van der Waals surface area contributed by atoms with E-state index in [1.54, 1.807) is 7.05 Å². The monoisotopic (exact) mass is 465 g/mol. The molecule has 3 N–H and O–H groups in total. The van der Waals surface area contributed by atoms with Crippen molar-refractivity contribution in [3.63, 3.8) is 0 Å². The van der Waals surface area contributed by atoms with Crippen molar-refractivity contribution >= 4 is 53.5 Å². The molecule has 0 aliphatic carbocycles. The molecule has 0 spiro atoms. The number of guanidine groups is 1. The maximum absolute atomic E-state index is 11.5. The van der Waals surface area contributed by atoms with Gasteiger partial charge in [-0.05, 0) is 24.6 Å². The number of imide groups is 1. The molecule has 0 saturated carbocycles. The largest absolute Gasteiger partial charge is 0.355 e. The predicted molar refractivity (Wildman–Crippen MR) is 105 cm³/mol. The molecule has 1 aromatic carbocycles. The average Bonchev–Trinajstić information content (AvgIpc) is 2.85. The smallest absolute Gasteiger partial charge is 0.324 e. The van der Waals surface area contributed by atoms with E-state index in [1.165, 1.54) is 4.90 Å². The molecule has 24 heavy (non-hydrogen) atoms. The molecule has 2 rings (SSSR count). The lowest BCUT2D eigenvalue weighted by atomic mass is 10.1. The van der Waals surface area contributed by atoms with Gasteiger partial charge in [0.15, 0.2) is 5.96 Å². The van der Waals surface area contributed by atoms with Crippen LogP contribution in [-0.2, 0) is 4.79 Å². The molecular weight excluding hydrogens is 445 g/mol. The third-order valence-electron chi connectivity index (χ3n) is 3.49. The Kier molecular flexibility index (Phi) is 8.26. The van der Waals surface area contributed by atoms with Gasteiger partial charge in [-0.3, -0.25) is 14.7 Å². The van der Waals surface area contributed by atoms with Crippen molar-refractivity contribution < 1.29 is 9.59 Å². The number of rotatable bonds is 5. The molecule has 1 fully saturated rings. The van der Waals surface area contributed by atoms with E-state index in [0.29, 0.717) is 17.5 Å². The number of amides is 3. The molecule has 3 amide bonds. The van der Waals surface area contributed by atoms with Crippen molar-refractivity contribution in [2.75, 3.05) is 26.7 Å². The van der Waals surface area contributed by atoms with Crippen LogP contribution in [0.15, 0.2) is 29.3 Å². The molecule has 0 aromatic heterocycles. The van der Waals surface area contributed by atoms with Crippen LogP contribution < -0.4 is 16.0 Å². The van der Waals surface area contributed by atoms with Crippen LogP contribution in [0.1, 0.15) is 18.5 Å². The average molecular weight is 466 g/mol. The molecule has 1 heterocycles. The van der Waals surface area contributed by atoms with Crippen LogP contribution in [-0.4, -0.2) is 49.5 Å². The van der Waals surface area contributed by atoms with Gasteiger partial charge in [0.1, 0.15) is 0 Å². The zero-order valence-electron chi connectivity index (χ0n) is 13.5. The van der Waals surface area contributed by atoms with Gasteiger partial charge in [-0.15, -0.1) is 24.0 Å². The number of nitrogens with one attached hydrogen (secondary N) is 3. The number of carbonyl (C=O) groups excluding carboxylic acids is 2.